The van der Waals surface area contributed by atoms with Crippen molar-refractivity contribution >= 4 is 40.2 Å². The van der Waals surface area contributed by atoms with Crippen molar-refractivity contribution in [3.05, 3.63) is 101 Å². The number of phenols is 1. The number of fused-ring (bicyclic) bond motifs is 1. The van der Waals surface area contributed by atoms with Gasteiger partial charge >= 0.3 is 0 Å². The SMILES string of the molecule is N#C/C(=C/c1cn(Cc2ccc(Cl)cc2)c2ccccc12)C(=O)Nc1ccc(O)cc1. The Kier molecular flexibility index (Phi) is 5.74. The predicted molar refractivity (Wildman–Crippen MR) is 123 cm³/mol. The molecule has 0 radical (unpaired) electrons. The van der Waals surface area contributed by atoms with Crippen LogP contribution >= 0.6 is 11.6 Å². The van der Waals surface area contributed by atoms with Gasteiger partial charge in [0.15, 0.2) is 0 Å². The lowest BCUT2D eigenvalue weighted by molar-refractivity contribution is -0.112. The van der Waals surface area contributed by atoms with E-state index in [4.69, 9.17) is 11.6 Å². The molecule has 1 amide bonds. The van der Waals surface area contributed by atoms with Crippen molar-refractivity contribution < 1.29 is 9.90 Å². The smallest absolute Gasteiger partial charge is 0.266 e. The molecular weight excluding hydrogens is 410 g/mol. The molecule has 1 aromatic heterocycles. The number of aromatic hydroxyl groups is 1. The first-order valence-electron chi connectivity index (χ1n) is 9.58. The first-order chi connectivity index (χ1) is 15.0. The third-order valence-corrected chi connectivity index (χ3v) is 5.13. The number of aromatic nitrogens is 1. The number of para-hydroxylation sites is 1. The molecule has 0 aliphatic rings. The summed E-state index contributed by atoms with van der Waals surface area (Å²) >= 11 is 5.99. The normalized spacial score (nSPS) is 11.3. The molecular formula is C25H18ClN3O2. The lowest BCUT2D eigenvalue weighted by atomic mass is 10.1. The van der Waals surface area contributed by atoms with E-state index in [0.717, 1.165) is 22.0 Å². The molecule has 6 heteroatoms. The fourth-order valence-electron chi connectivity index (χ4n) is 3.35. The van der Waals surface area contributed by atoms with Gasteiger partial charge in [-0.05, 0) is 54.1 Å². The fraction of sp³-hybridized carbons (Fsp3) is 0.0400. The van der Waals surface area contributed by atoms with Crippen LogP contribution in [0.25, 0.3) is 17.0 Å². The van der Waals surface area contributed by atoms with Gasteiger partial charge in [0.2, 0.25) is 0 Å². The van der Waals surface area contributed by atoms with E-state index in [1.165, 1.54) is 12.1 Å². The molecule has 1 heterocycles. The maximum atomic E-state index is 12.6. The molecule has 0 aliphatic heterocycles. The van der Waals surface area contributed by atoms with Gasteiger partial charge < -0.3 is 15.0 Å². The van der Waals surface area contributed by atoms with Crippen LogP contribution in [-0.4, -0.2) is 15.6 Å². The van der Waals surface area contributed by atoms with Crippen molar-refractivity contribution in [3.63, 3.8) is 0 Å². The molecule has 152 valence electrons. The Morgan fingerprint density at radius 1 is 1.06 bits per heavy atom. The highest BCUT2D eigenvalue weighted by molar-refractivity contribution is 6.30. The third kappa shape index (κ3) is 4.61. The second-order valence-corrected chi connectivity index (χ2v) is 7.46. The molecule has 0 fully saturated rings. The Hall–Kier alpha value is -4.01. The van der Waals surface area contributed by atoms with Gasteiger partial charge in [-0.2, -0.15) is 5.26 Å². The van der Waals surface area contributed by atoms with E-state index in [2.05, 4.69) is 9.88 Å². The van der Waals surface area contributed by atoms with Crippen LogP contribution in [0.5, 0.6) is 5.75 Å². The minimum Gasteiger partial charge on any atom is -0.508 e. The predicted octanol–water partition coefficient (Wildman–Crippen LogP) is 5.59. The number of phenolic OH excluding ortho intramolecular Hbond substituents is 1. The van der Waals surface area contributed by atoms with Crippen LogP contribution in [0.4, 0.5) is 5.69 Å². The number of nitrogens with zero attached hydrogens (tertiary/aromatic N) is 2. The van der Waals surface area contributed by atoms with E-state index in [9.17, 15) is 15.2 Å². The monoisotopic (exact) mass is 427 g/mol. The van der Waals surface area contributed by atoms with E-state index in [-0.39, 0.29) is 11.3 Å². The van der Waals surface area contributed by atoms with Crippen molar-refractivity contribution in [1.82, 2.24) is 4.57 Å². The molecule has 4 aromatic rings. The summed E-state index contributed by atoms with van der Waals surface area (Å²) in [6.07, 6.45) is 3.53. The molecule has 31 heavy (non-hydrogen) atoms. The van der Waals surface area contributed by atoms with Gasteiger partial charge in [-0.15, -0.1) is 0 Å². The molecule has 3 aromatic carbocycles. The van der Waals surface area contributed by atoms with E-state index in [1.807, 2.05) is 60.8 Å². The van der Waals surface area contributed by atoms with Crippen LogP contribution in [-0.2, 0) is 11.3 Å². The van der Waals surface area contributed by atoms with Crippen molar-refractivity contribution in [3.8, 4) is 11.8 Å². The maximum Gasteiger partial charge on any atom is 0.266 e. The van der Waals surface area contributed by atoms with Crippen LogP contribution in [0.3, 0.4) is 0 Å². The average molecular weight is 428 g/mol. The third-order valence-electron chi connectivity index (χ3n) is 4.88. The molecule has 0 atom stereocenters. The number of halogens is 1. The molecule has 2 N–H and O–H groups in total. The Labute approximate surface area is 184 Å². The summed E-state index contributed by atoms with van der Waals surface area (Å²) in [6, 6.07) is 23.6. The molecule has 4 rings (SSSR count). The number of hydrogen-bond donors (Lipinski definition) is 2. The molecule has 0 saturated carbocycles. The minimum absolute atomic E-state index is 0.0116. The summed E-state index contributed by atoms with van der Waals surface area (Å²) in [6.45, 7) is 0.632. The topological polar surface area (TPSA) is 78.0 Å². The standard InChI is InChI=1S/C25H18ClN3O2/c26-20-7-5-17(6-8-20)15-29-16-19(23-3-1-2-4-24(23)29)13-18(14-27)25(31)28-21-9-11-22(30)12-10-21/h1-13,16,30H,15H2,(H,28,31)/b18-13-. The number of hydrogen-bond acceptors (Lipinski definition) is 3. The molecule has 0 unspecified atom stereocenters. The second kappa shape index (κ2) is 8.78. The summed E-state index contributed by atoms with van der Waals surface area (Å²) in [5.74, 6) is -0.412. The van der Waals surface area contributed by atoms with Gasteiger partial charge in [-0.1, -0.05) is 41.9 Å². The van der Waals surface area contributed by atoms with E-state index < -0.39 is 5.91 Å². The van der Waals surface area contributed by atoms with Crippen molar-refractivity contribution in [2.24, 2.45) is 0 Å². The van der Waals surface area contributed by atoms with Gasteiger partial charge in [0.25, 0.3) is 5.91 Å². The number of benzene rings is 3. The quantitative estimate of drug-likeness (QED) is 0.247. The van der Waals surface area contributed by atoms with Crippen molar-refractivity contribution in [2.75, 3.05) is 5.32 Å². The van der Waals surface area contributed by atoms with E-state index >= 15 is 0 Å². The zero-order chi connectivity index (χ0) is 21.8. The first-order valence-corrected chi connectivity index (χ1v) is 9.96. The van der Waals surface area contributed by atoms with Crippen molar-refractivity contribution in [1.29, 1.82) is 5.26 Å². The van der Waals surface area contributed by atoms with Gasteiger partial charge in [0.05, 0.1) is 0 Å². The fourth-order valence-corrected chi connectivity index (χ4v) is 3.48. The average Bonchev–Trinajstić information content (AvgIpc) is 3.12. The van der Waals surface area contributed by atoms with Crippen LogP contribution < -0.4 is 5.32 Å². The number of nitrogens with one attached hydrogen (secondary N) is 1. The summed E-state index contributed by atoms with van der Waals surface area (Å²) < 4.78 is 2.08. The molecule has 0 bridgehead atoms. The van der Waals surface area contributed by atoms with Gasteiger partial charge in [0.1, 0.15) is 17.4 Å². The van der Waals surface area contributed by atoms with Crippen LogP contribution in [0.1, 0.15) is 11.1 Å². The van der Waals surface area contributed by atoms with Gasteiger partial charge in [-0.25, -0.2) is 0 Å². The first kappa shape index (κ1) is 20.3. The maximum absolute atomic E-state index is 12.6. The number of rotatable bonds is 5. The highest BCUT2D eigenvalue weighted by Gasteiger charge is 2.13. The molecule has 0 saturated heterocycles. The largest absolute Gasteiger partial charge is 0.508 e. The number of nitriles is 1. The highest BCUT2D eigenvalue weighted by Crippen LogP contribution is 2.25. The molecule has 0 aliphatic carbocycles. The van der Waals surface area contributed by atoms with Gasteiger partial charge in [-0.3, -0.25) is 4.79 Å². The van der Waals surface area contributed by atoms with E-state index in [0.29, 0.717) is 17.3 Å². The lowest BCUT2D eigenvalue weighted by Gasteiger charge is -2.05. The van der Waals surface area contributed by atoms with E-state index in [1.54, 1.807) is 18.2 Å². The Morgan fingerprint density at radius 2 is 1.77 bits per heavy atom. The number of anilines is 1. The van der Waals surface area contributed by atoms with Gasteiger partial charge in [0, 0.05) is 39.9 Å². The second-order valence-electron chi connectivity index (χ2n) is 7.03. The minimum atomic E-state index is -0.511. The summed E-state index contributed by atoms with van der Waals surface area (Å²) in [4.78, 5) is 12.6. The molecule has 5 nitrogen and oxygen atoms in total. The Bertz CT molecular complexity index is 1310. The van der Waals surface area contributed by atoms with Crippen LogP contribution in [0.2, 0.25) is 5.02 Å². The summed E-state index contributed by atoms with van der Waals surface area (Å²) in [7, 11) is 0. The number of amides is 1. The number of carbonyl (C=O) groups excluding carboxylic acids is 1. The molecule has 0 spiro atoms. The number of carbonyl (C=O) groups is 1. The van der Waals surface area contributed by atoms with Crippen LogP contribution in [0, 0.1) is 11.3 Å². The summed E-state index contributed by atoms with van der Waals surface area (Å²) in [5, 5.41) is 23.3. The zero-order valence-electron chi connectivity index (χ0n) is 16.4. The van der Waals surface area contributed by atoms with Crippen LogP contribution in [0.15, 0.2) is 84.6 Å². The Morgan fingerprint density at radius 3 is 2.48 bits per heavy atom. The summed E-state index contributed by atoms with van der Waals surface area (Å²) in [5.41, 5.74) is 3.35. The highest BCUT2D eigenvalue weighted by atomic mass is 35.5. The Balaban J connectivity index is 1.66. The zero-order valence-corrected chi connectivity index (χ0v) is 17.2. The van der Waals surface area contributed by atoms with Crippen molar-refractivity contribution in [2.45, 2.75) is 6.54 Å². The lowest BCUT2D eigenvalue weighted by Crippen LogP contribution is -2.13.